The van der Waals surface area contributed by atoms with Gasteiger partial charge in [-0.2, -0.15) is 5.26 Å². The maximum absolute atomic E-state index is 11.1. The summed E-state index contributed by atoms with van der Waals surface area (Å²) in [5.74, 6) is 0.453. The molecule has 4 atom stereocenters. The van der Waals surface area contributed by atoms with Gasteiger partial charge in [0.25, 0.3) is 0 Å². The molecular formula is C22H33NO3. The highest BCUT2D eigenvalue weighted by atomic mass is 16.7. The second kappa shape index (κ2) is 7.11. The minimum atomic E-state index is -0.831. The smallest absolute Gasteiger partial charge is 0.170 e. The van der Waals surface area contributed by atoms with Crippen molar-refractivity contribution in [2.24, 2.45) is 17.3 Å². The van der Waals surface area contributed by atoms with Crippen molar-refractivity contribution < 1.29 is 14.6 Å². The van der Waals surface area contributed by atoms with E-state index in [0.717, 1.165) is 44.9 Å². The summed E-state index contributed by atoms with van der Waals surface area (Å²) in [4.78, 5) is 0. The van der Waals surface area contributed by atoms with Crippen LogP contribution in [0.2, 0.25) is 0 Å². The lowest BCUT2D eigenvalue weighted by Crippen LogP contribution is -2.48. The molecule has 0 saturated heterocycles. The molecule has 26 heavy (non-hydrogen) atoms. The number of allylic oxidation sites excluding steroid dienone is 3. The molecule has 3 aliphatic carbocycles. The second-order valence-corrected chi connectivity index (χ2v) is 8.63. The molecule has 4 nitrogen and oxygen atoms in total. The highest BCUT2D eigenvalue weighted by Gasteiger charge is 2.59. The van der Waals surface area contributed by atoms with Crippen LogP contribution in [0.4, 0.5) is 0 Å². The number of nitriles is 1. The zero-order valence-corrected chi connectivity index (χ0v) is 16.7. The van der Waals surface area contributed by atoms with E-state index in [-0.39, 0.29) is 11.8 Å². The maximum Gasteiger partial charge on any atom is 0.170 e. The molecule has 0 aromatic heterocycles. The van der Waals surface area contributed by atoms with Crippen LogP contribution in [0.25, 0.3) is 0 Å². The first-order chi connectivity index (χ1) is 12.4. The van der Waals surface area contributed by atoms with Crippen LogP contribution in [0.5, 0.6) is 0 Å². The van der Waals surface area contributed by atoms with E-state index >= 15 is 0 Å². The largest absolute Gasteiger partial charge is 0.388 e. The van der Waals surface area contributed by atoms with E-state index in [0.29, 0.717) is 11.8 Å². The van der Waals surface area contributed by atoms with Gasteiger partial charge in [-0.25, -0.2) is 0 Å². The Kier molecular flexibility index (Phi) is 5.36. The second-order valence-electron chi connectivity index (χ2n) is 8.63. The lowest BCUT2D eigenvalue weighted by Gasteiger charge is -2.48. The van der Waals surface area contributed by atoms with E-state index in [1.807, 2.05) is 0 Å². The standard InChI is InChI=1S/C22H33NO3/c1-5-22(25-3,26-4)15-16-6-7-18-17(14-16)8-10-20(2)19(18)9-11-21(20,24)12-13-23/h8,14,18-19,24H,5-7,9-12,15H2,1-4H3/t18?,19?,20-,21+/m0/s1. The van der Waals surface area contributed by atoms with Crippen LogP contribution < -0.4 is 0 Å². The molecule has 144 valence electrons. The van der Waals surface area contributed by atoms with Crippen LogP contribution in [-0.4, -0.2) is 30.7 Å². The highest BCUT2D eigenvalue weighted by Crippen LogP contribution is 2.61. The fourth-order valence-electron chi connectivity index (χ4n) is 5.77. The van der Waals surface area contributed by atoms with Crippen LogP contribution in [-0.2, 0) is 9.47 Å². The van der Waals surface area contributed by atoms with Gasteiger partial charge in [-0.15, -0.1) is 0 Å². The Bertz CT molecular complexity index is 634. The molecule has 1 fully saturated rings. The summed E-state index contributed by atoms with van der Waals surface area (Å²) in [5, 5.41) is 20.3. The van der Waals surface area contributed by atoms with Gasteiger partial charge < -0.3 is 14.6 Å². The molecule has 0 aromatic rings. The number of nitrogens with zero attached hydrogens (tertiary/aromatic N) is 1. The molecule has 0 bridgehead atoms. The molecular weight excluding hydrogens is 326 g/mol. The van der Waals surface area contributed by atoms with Crippen molar-refractivity contribution >= 4 is 0 Å². The van der Waals surface area contributed by atoms with Crippen LogP contribution >= 0.6 is 0 Å². The van der Waals surface area contributed by atoms with Crippen LogP contribution in [0.1, 0.15) is 65.2 Å². The molecule has 4 heteroatoms. The minimum Gasteiger partial charge on any atom is -0.388 e. The number of rotatable bonds is 6. The highest BCUT2D eigenvalue weighted by molar-refractivity contribution is 5.35. The summed E-state index contributed by atoms with van der Waals surface area (Å²) in [7, 11) is 3.44. The first-order valence-corrected chi connectivity index (χ1v) is 9.96. The monoisotopic (exact) mass is 359 g/mol. The Hall–Kier alpha value is -1.15. The molecule has 0 aliphatic heterocycles. The molecule has 1 saturated carbocycles. The van der Waals surface area contributed by atoms with Gasteiger partial charge >= 0.3 is 0 Å². The third kappa shape index (κ3) is 2.95. The van der Waals surface area contributed by atoms with E-state index in [1.54, 1.807) is 14.2 Å². The van der Waals surface area contributed by atoms with Crippen LogP contribution in [0.3, 0.4) is 0 Å². The Morgan fingerprint density at radius 2 is 2.08 bits per heavy atom. The summed E-state index contributed by atoms with van der Waals surface area (Å²) < 4.78 is 11.3. The van der Waals surface area contributed by atoms with Crippen LogP contribution in [0.15, 0.2) is 23.3 Å². The molecule has 0 heterocycles. The topological polar surface area (TPSA) is 62.5 Å². The van der Waals surface area contributed by atoms with Gasteiger partial charge in [-0.1, -0.05) is 31.6 Å². The van der Waals surface area contributed by atoms with Gasteiger partial charge in [0.1, 0.15) is 0 Å². The SMILES string of the molecule is CCC(CC1=CC2=CC[C@@]3(C)C(CC[C@@]3(O)CC#N)C2CC1)(OC)OC. The van der Waals surface area contributed by atoms with Crippen molar-refractivity contribution in [3.05, 3.63) is 23.3 Å². The van der Waals surface area contributed by atoms with E-state index in [4.69, 9.17) is 9.47 Å². The number of hydrogen-bond acceptors (Lipinski definition) is 4. The first kappa shape index (κ1) is 19.6. The van der Waals surface area contributed by atoms with Gasteiger partial charge in [0, 0.05) is 26.1 Å². The maximum atomic E-state index is 11.1. The van der Waals surface area contributed by atoms with Crippen molar-refractivity contribution in [3.63, 3.8) is 0 Å². The summed E-state index contributed by atoms with van der Waals surface area (Å²) in [6.45, 7) is 4.30. The van der Waals surface area contributed by atoms with Crippen molar-refractivity contribution in [1.29, 1.82) is 5.26 Å². The van der Waals surface area contributed by atoms with E-state index in [2.05, 4.69) is 32.1 Å². The molecule has 0 radical (unpaired) electrons. The number of methoxy groups -OCH3 is 2. The van der Waals surface area contributed by atoms with E-state index in [1.165, 1.54) is 11.1 Å². The first-order valence-electron chi connectivity index (χ1n) is 9.96. The molecule has 0 spiro atoms. The zero-order valence-electron chi connectivity index (χ0n) is 16.7. The molecule has 0 amide bonds. The summed E-state index contributed by atoms with van der Waals surface area (Å²) in [6, 6.07) is 2.22. The molecule has 3 rings (SSSR count). The van der Waals surface area contributed by atoms with Crippen LogP contribution in [0, 0.1) is 28.6 Å². The number of ether oxygens (including phenoxy) is 2. The fraction of sp³-hybridized carbons (Fsp3) is 0.773. The Balaban J connectivity index is 1.84. The van der Waals surface area contributed by atoms with Crippen molar-refractivity contribution in [3.8, 4) is 6.07 Å². The fourth-order valence-corrected chi connectivity index (χ4v) is 5.77. The average Bonchev–Trinajstić information content (AvgIpc) is 2.91. The molecule has 3 aliphatic rings. The number of aliphatic hydroxyl groups is 1. The van der Waals surface area contributed by atoms with Gasteiger partial charge in [0.2, 0.25) is 0 Å². The Labute approximate surface area is 157 Å². The third-order valence-electron chi connectivity index (χ3n) is 7.72. The number of hydrogen-bond donors (Lipinski definition) is 1. The van der Waals surface area contributed by atoms with Crippen molar-refractivity contribution in [2.75, 3.05) is 14.2 Å². The summed E-state index contributed by atoms with van der Waals surface area (Å²) >= 11 is 0. The summed E-state index contributed by atoms with van der Waals surface area (Å²) in [6.07, 6.45) is 11.4. The normalized spacial score (nSPS) is 36.6. The lowest BCUT2D eigenvalue weighted by atomic mass is 9.57. The summed E-state index contributed by atoms with van der Waals surface area (Å²) in [5.41, 5.74) is 1.81. The quantitative estimate of drug-likeness (QED) is 0.709. The number of fused-ring (bicyclic) bond motifs is 3. The van der Waals surface area contributed by atoms with E-state index < -0.39 is 11.4 Å². The molecule has 1 N–H and O–H groups in total. The third-order valence-corrected chi connectivity index (χ3v) is 7.72. The lowest BCUT2D eigenvalue weighted by molar-refractivity contribution is -0.207. The van der Waals surface area contributed by atoms with Crippen molar-refractivity contribution in [1.82, 2.24) is 0 Å². The predicted octanol–water partition coefficient (Wildman–Crippen LogP) is 4.50. The van der Waals surface area contributed by atoms with E-state index in [9.17, 15) is 10.4 Å². The molecule has 2 unspecified atom stereocenters. The zero-order chi connectivity index (χ0) is 19.0. The average molecular weight is 360 g/mol. The minimum absolute atomic E-state index is 0.172. The molecule has 0 aromatic carbocycles. The van der Waals surface area contributed by atoms with Gasteiger partial charge in [-0.3, -0.25) is 0 Å². The van der Waals surface area contributed by atoms with Gasteiger partial charge in [-0.05, 0) is 55.9 Å². The van der Waals surface area contributed by atoms with Gasteiger partial charge in [0.15, 0.2) is 5.79 Å². The Morgan fingerprint density at radius 3 is 2.69 bits per heavy atom. The Morgan fingerprint density at radius 1 is 1.35 bits per heavy atom. The van der Waals surface area contributed by atoms with Crippen molar-refractivity contribution in [2.45, 2.75) is 76.6 Å². The van der Waals surface area contributed by atoms with Gasteiger partial charge in [0.05, 0.1) is 18.1 Å². The predicted molar refractivity (Wildman–Crippen MR) is 101 cm³/mol.